The lowest BCUT2D eigenvalue weighted by Crippen LogP contribution is -1.97. The van der Waals surface area contributed by atoms with E-state index in [4.69, 9.17) is 4.74 Å². The predicted molar refractivity (Wildman–Crippen MR) is 69.8 cm³/mol. The van der Waals surface area contributed by atoms with Crippen molar-refractivity contribution in [1.29, 1.82) is 0 Å². The van der Waals surface area contributed by atoms with Gasteiger partial charge in [-0.1, -0.05) is 39.5 Å². The molecule has 0 saturated heterocycles. The van der Waals surface area contributed by atoms with Gasteiger partial charge in [-0.25, -0.2) is 4.39 Å². The fourth-order valence-electron chi connectivity index (χ4n) is 1.73. The Morgan fingerprint density at radius 3 is 2.29 bits per heavy atom. The van der Waals surface area contributed by atoms with Crippen molar-refractivity contribution < 1.29 is 9.13 Å². The van der Waals surface area contributed by atoms with Crippen LogP contribution in [-0.2, 0) is 0 Å². The van der Waals surface area contributed by atoms with Crippen LogP contribution in [0.3, 0.4) is 0 Å². The average Bonchev–Trinajstić information content (AvgIpc) is 2.30. The molecule has 0 amide bonds. The summed E-state index contributed by atoms with van der Waals surface area (Å²) < 4.78 is 18.1. The largest absolute Gasteiger partial charge is 0.494 e. The van der Waals surface area contributed by atoms with E-state index in [0.29, 0.717) is 0 Å². The van der Waals surface area contributed by atoms with Gasteiger partial charge in [-0.2, -0.15) is 0 Å². The second-order valence-corrected chi connectivity index (χ2v) is 4.90. The molecule has 1 rings (SSSR count). The minimum absolute atomic E-state index is 0.217. The van der Waals surface area contributed by atoms with Gasteiger partial charge in [0.05, 0.1) is 6.61 Å². The molecule has 17 heavy (non-hydrogen) atoms. The molecule has 0 unspecified atom stereocenters. The number of benzene rings is 1. The third-order valence-corrected chi connectivity index (χ3v) is 2.76. The summed E-state index contributed by atoms with van der Waals surface area (Å²) in [5, 5.41) is 0. The molecule has 0 aromatic heterocycles. The molecular formula is C15H23FO. The zero-order chi connectivity index (χ0) is 12.5. The Bertz CT molecular complexity index is 292. The van der Waals surface area contributed by atoms with Crippen LogP contribution in [0.5, 0.6) is 5.75 Å². The van der Waals surface area contributed by atoms with Gasteiger partial charge in [0, 0.05) is 0 Å². The molecular weight excluding hydrogens is 215 g/mol. The molecule has 2 heteroatoms. The van der Waals surface area contributed by atoms with Crippen LogP contribution < -0.4 is 4.74 Å². The van der Waals surface area contributed by atoms with Crippen molar-refractivity contribution >= 4 is 0 Å². The monoisotopic (exact) mass is 238 g/mol. The van der Waals surface area contributed by atoms with Crippen molar-refractivity contribution in [2.45, 2.75) is 46.0 Å². The minimum Gasteiger partial charge on any atom is -0.494 e. The van der Waals surface area contributed by atoms with Crippen LogP contribution in [0.25, 0.3) is 0 Å². The number of hydrogen-bond donors (Lipinski definition) is 0. The van der Waals surface area contributed by atoms with Gasteiger partial charge >= 0.3 is 0 Å². The van der Waals surface area contributed by atoms with E-state index < -0.39 is 0 Å². The first-order chi connectivity index (χ1) is 8.18. The van der Waals surface area contributed by atoms with Crippen molar-refractivity contribution in [3.63, 3.8) is 0 Å². The van der Waals surface area contributed by atoms with Crippen LogP contribution in [0.2, 0.25) is 0 Å². The second-order valence-electron chi connectivity index (χ2n) is 4.90. The van der Waals surface area contributed by atoms with Gasteiger partial charge in [-0.15, -0.1) is 0 Å². The molecule has 96 valence electrons. The van der Waals surface area contributed by atoms with Crippen molar-refractivity contribution in [1.82, 2.24) is 0 Å². The summed E-state index contributed by atoms with van der Waals surface area (Å²) >= 11 is 0. The molecule has 0 aliphatic rings. The third kappa shape index (κ3) is 6.98. The summed E-state index contributed by atoms with van der Waals surface area (Å²) in [5.74, 6) is 1.35. The highest BCUT2D eigenvalue weighted by Crippen LogP contribution is 2.13. The first kappa shape index (κ1) is 14.0. The van der Waals surface area contributed by atoms with Crippen LogP contribution in [-0.4, -0.2) is 6.61 Å². The van der Waals surface area contributed by atoms with E-state index in [1.807, 2.05) is 0 Å². The third-order valence-electron chi connectivity index (χ3n) is 2.76. The van der Waals surface area contributed by atoms with Crippen LogP contribution in [0.15, 0.2) is 24.3 Å². The van der Waals surface area contributed by atoms with E-state index >= 15 is 0 Å². The lowest BCUT2D eigenvalue weighted by Gasteiger charge is -2.06. The predicted octanol–water partition coefficient (Wildman–Crippen LogP) is 4.81. The summed E-state index contributed by atoms with van der Waals surface area (Å²) in [6.45, 7) is 5.25. The Labute approximate surface area is 104 Å². The number of hydrogen-bond acceptors (Lipinski definition) is 1. The zero-order valence-electron chi connectivity index (χ0n) is 10.9. The Morgan fingerprint density at radius 1 is 1.00 bits per heavy atom. The summed E-state index contributed by atoms with van der Waals surface area (Å²) in [5.41, 5.74) is 0. The molecule has 0 saturated carbocycles. The van der Waals surface area contributed by atoms with Gasteiger partial charge in [0.2, 0.25) is 0 Å². The highest BCUT2D eigenvalue weighted by molar-refractivity contribution is 5.21. The van der Waals surface area contributed by atoms with Crippen molar-refractivity contribution in [2.24, 2.45) is 5.92 Å². The maximum absolute atomic E-state index is 12.6. The topological polar surface area (TPSA) is 9.23 Å². The number of ether oxygens (including phenoxy) is 1. The number of halogens is 1. The van der Waals surface area contributed by atoms with E-state index in [1.54, 1.807) is 12.1 Å². The van der Waals surface area contributed by atoms with Crippen LogP contribution in [0, 0.1) is 11.7 Å². The van der Waals surface area contributed by atoms with Crippen LogP contribution in [0.1, 0.15) is 46.0 Å². The minimum atomic E-state index is -0.217. The normalized spacial score (nSPS) is 10.8. The SMILES string of the molecule is CC(C)CCCCCCOc1ccc(F)cc1. The van der Waals surface area contributed by atoms with Gasteiger partial charge in [0.15, 0.2) is 0 Å². The average molecular weight is 238 g/mol. The molecule has 0 aliphatic carbocycles. The van der Waals surface area contributed by atoms with E-state index in [2.05, 4.69) is 13.8 Å². The van der Waals surface area contributed by atoms with Gasteiger partial charge < -0.3 is 4.74 Å². The van der Waals surface area contributed by atoms with E-state index in [0.717, 1.165) is 24.7 Å². The van der Waals surface area contributed by atoms with E-state index in [-0.39, 0.29) is 5.82 Å². The van der Waals surface area contributed by atoms with E-state index in [9.17, 15) is 4.39 Å². The lowest BCUT2D eigenvalue weighted by molar-refractivity contribution is 0.303. The van der Waals surface area contributed by atoms with Crippen molar-refractivity contribution in [3.05, 3.63) is 30.1 Å². The Balaban J connectivity index is 1.99. The standard InChI is InChI=1S/C15H23FO/c1-13(2)7-5-3-4-6-12-17-15-10-8-14(16)9-11-15/h8-11,13H,3-7,12H2,1-2H3. The second kappa shape index (κ2) is 8.10. The first-order valence-corrected chi connectivity index (χ1v) is 6.57. The zero-order valence-corrected chi connectivity index (χ0v) is 10.9. The molecule has 0 radical (unpaired) electrons. The molecule has 0 fully saturated rings. The molecule has 1 aromatic rings. The Hall–Kier alpha value is -1.05. The van der Waals surface area contributed by atoms with E-state index in [1.165, 1.54) is 37.8 Å². The summed E-state index contributed by atoms with van der Waals surface area (Å²) in [7, 11) is 0. The van der Waals surface area contributed by atoms with Crippen molar-refractivity contribution in [2.75, 3.05) is 6.61 Å². The molecule has 0 bridgehead atoms. The summed E-state index contributed by atoms with van der Waals surface area (Å²) in [6.07, 6.45) is 6.21. The lowest BCUT2D eigenvalue weighted by atomic mass is 10.0. The fourth-order valence-corrected chi connectivity index (χ4v) is 1.73. The first-order valence-electron chi connectivity index (χ1n) is 6.57. The molecule has 0 N–H and O–H groups in total. The number of rotatable bonds is 8. The molecule has 1 aromatic carbocycles. The van der Waals surface area contributed by atoms with Gasteiger partial charge in [-0.3, -0.25) is 0 Å². The molecule has 0 atom stereocenters. The van der Waals surface area contributed by atoms with Crippen molar-refractivity contribution in [3.8, 4) is 5.75 Å². The highest BCUT2D eigenvalue weighted by atomic mass is 19.1. The Morgan fingerprint density at radius 2 is 1.65 bits per heavy atom. The van der Waals surface area contributed by atoms with Gasteiger partial charge in [0.1, 0.15) is 11.6 Å². The molecule has 0 heterocycles. The Kier molecular flexibility index (Phi) is 6.68. The molecule has 1 nitrogen and oxygen atoms in total. The maximum atomic E-state index is 12.6. The van der Waals surface area contributed by atoms with Crippen LogP contribution >= 0.6 is 0 Å². The quantitative estimate of drug-likeness (QED) is 0.590. The molecule has 0 aliphatic heterocycles. The van der Waals surface area contributed by atoms with Gasteiger partial charge in [0.25, 0.3) is 0 Å². The van der Waals surface area contributed by atoms with Crippen LogP contribution in [0.4, 0.5) is 4.39 Å². The molecule has 0 spiro atoms. The number of unbranched alkanes of at least 4 members (excludes halogenated alkanes) is 3. The summed E-state index contributed by atoms with van der Waals surface area (Å²) in [6, 6.07) is 6.21. The summed E-state index contributed by atoms with van der Waals surface area (Å²) in [4.78, 5) is 0. The van der Waals surface area contributed by atoms with Gasteiger partial charge in [-0.05, 0) is 36.6 Å². The highest BCUT2D eigenvalue weighted by Gasteiger charge is 1.96. The fraction of sp³-hybridized carbons (Fsp3) is 0.600. The smallest absolute Gasteiger partial charge is 0.123 e. The maximum Gasteiger partial charge on any atom is 0.123 e.